The highest BCUT2D eigenvalue weighted by atomic mass is 16.2. The molecule has 0 saturated heterocycles. The van der Waals surface area contributed by atoms with Crippen LogP contribution in [0.4, 0.5) is 0 Å². The van der Waals surface area contributed by atoms with Crippen molar-refractivity contribution < 1.29 is 9.90 Å². The van der Waals surface area contributed by atoms with Crippen molar-refractivity contribution in [3.63, 3.8) is 0 Å². The Balaban J connectivity index is -0.000000285. The molecule has 0 radical (unpaired) electrons. The summed E-state index contributed by atoms with van der Waals surface area (Å²) in [5, 5.41) is 7.57. The molecule has 0 spiro atoms. The number of aliphatic hydroxyl groups is 1. The highest BCUT2D eigenvalue weighted by molar-refractivity contribution is 6.04. The van der Waals surface area contributed by atoms with E-state index in [1.54, 1.807) is 6.92 Å². The quantitative estimate of drug-likeness (QED) is 0.361. The van der Waals surface area contributed by atoms with Gasteiger partial charge in [0, 0.05) is 37.3 Å². The average molecular weight is 396 g/mol. The Bertz CT molecular complexity index is 464. The molecule has 0 atom stereocenters. The zero-order valence-electron chi connectivity index (χ0n) is 18.0. The molecule has 0 unspecified atom stereocenters. The van der Waals surface area contributed by atoms with Crippen LogP contribution in [0.25, 0.3) is 0 Å². The van der Waals surface area contributed by atoms with Crippen LogP contribution in [0.2, 0.25) is 0 Å². The molecule has 1 aliphatic heterocycles. The third kappa shape index (κ3) is 15.6. The molecule has 1 aromatic carbocycles. The van der Waals surface area contributed by atoms with Crippen LogP contribution in [0, 0.1) is 0 Å². The Morgan fingerprint density at radius 1 is 0.929 bits per heavy atom. The summed E-state index contributed by atoms with van der Waals surface area (Å²) in [6.45, 7) is 13.1. The molecular formula is C25H49NO2. The van der Waals surface area contributed by atoms with Gasteiger partial charge in [0.05, 0.1) is 0 Å². The molecule has 0 aromatic heterocycles. The van der Waals surface area contributed by atoms with E-state index >= 15 is 0 Å². The Morgan fingerprint density at radius 3 is 1.79 bits per heavy atom. The number of carbonyl (C=O) groups excluding carboxylic acids is 1. The number of carbonyl (C=O) groups is 1. The molecule has 0 amide bonds. The van der Waals surface area contributed by atoms with E-state index in [9.17, 15) is 4.79 Å². The van der Waals surface area contributed by atoms with Gasteiger partial charge in [-0.25, -0.2) is 0 Å². The topological polar surface area (TPSA) is 49.7 Å². The molecule has 1 aliphatic rings. The fraction of sp³-hybridized carbons (Fsp3) is 0.680. The van der Waals surface area contributed by atoms with Crippen molar-refractivity contribution in [3.8, 4) is 0 Å². The second-order valence-corrected chi connectivity index (χ2v) is 5.56. The lowest BCUT2D eigenvalue weighted by atomic mass is 9.99. The second kappa shape index (κ2) is 25.5. The SMILES string of the molecule is C.C.CC.CC.CCCCCCCC(=O)c1ccc(C2=NCC2)cc1.CCO. The first-order valence-electron chi connectivity index (χ1n) is 10.5. The number of hydrogen-bond donors (Lipinski definition) is 1. The highest BCUT2D eigenvalue weighted by Gasteiger charge is 2.11. The lowest BCUT2D eigenvalue weighted by molar-refractivity contribution is 0.0979. The number of hydrogen-bond acceptors (Lipinski definition) is 3. The molecule has 1 aromatic rings. The largest absolute Gasteiger partial charge is 0.397 e. The first-order chi connectivity index (χ1) is 12.7. The van der Waals surface area contributed by atoms with Gasteiger partial charge in [0.2, 0.25) is 0 Å². The summed E-state index contributed by atoms with van der Waals surface area (Å²) >= 11 is 0. The van der Waals surface area contributed by atoms with Crippen LogP contribution in [0.3, 0.4) is 0 Å². The molecule has 166 valence electrons. The molecule has 0 saturated carbocycles. The van der Waals surface area contributed by atoms with E-state index in [-0.39, 0.29) is 27.2 Å². The maximum Gasteiger partial charge on any atom is 0.162 e. The standard InChI is InChI=1S/C17H23NO.C2H6O.2C2H6.2CH4/c1-2-3-4-5-6-7-17(19)15-10-8-14(9-11-15)16-12-13-18-16;1-2-3;2*1-2;;/h8-11H,2-7,12-13H2,1H3;3H,2H2,1H3;2*1-2H3;2*1H4. The van der Waals surface area contributed by atoms with Crippen molar-refractivity contribution in [1.29, 1.82) is 0 Å². The molecule has 1 heterocycles. The van der Waals surface area contributed by atoms with E-state index in [0.29, 0.717) is 6.42 Å². The molecule has 0 fully saturated rings. The third-order valence-corrected chi connectivity index (χ3v) is 3.70. The van der Waals surface area contributed by atoms with Gasteiger partial charge in [-0.05, 0) is 18.9 Å². The third-order valence-electron chi connectivity index (χ3n) is 3.70. The molecule has 1 N–H and O–H groups in total. The minimum Gasteiger partial charge on any atom is -0.397 e. The lowest BCUT2D eigenvalue weighted by Crippen LogP contribution is -2.13. The summed E-state index contributed by atoms with van der Waals surface area (Å²) in [6.07, 6.45) is 7.74. The van der Waals surface area contributed by atoms with Crippen molar-refractivity contribution in [2.45, 2.75) is 101 Å². The normalized spacial score (nSPS) is 10.5. The predicted molar refractivity (Wildman–Crippen MR) is 129 cm³/mol. The zero-order chi connectivity index (χ0) is 20.2. The molecular weight excluding hydrogens is 346 g/mol. The van der Waals surface area contributed by atoms with Gasteiger partial charge >= 0.3 is 0 Å². The summed E-state index contributed by atoms with van der Waals surface area (Å²) in [4.78, 5) is 16.3. The fourth-order valence-electron chi connectivity index (χ4n) is 2.34. The van der Waals surface area contributed by atoms with E-state index in [1.165, 1.54) is 37.0 Å². The van der Waals surface area contributed by atoms with E-state index in [4.69, 9.17) is 5.11 Å². The van der Waals surface area contributed by atoms with Crippen LogP contribution in [0.15, 0.2) is 29.3 Å². The summed E-state index contributed by atoms with van der Waals surface area (Å²) in [6, 6.07) is 7.96. The van der Waals surface area contributed by atoms with Crippen LogP contribution < -0.4 is 0 Å². The van der Waals surface area contributed by atoms with Crippen molar-refractivity contribution in [2.75, 3.05) is 13.2 Å². The number of Topliss-reactive ketones (excluding diaryl/α,β-unsaturated/α-hetero) is 1. The average Bonchev–Trinajstić information content (AvgIpc) is 2.65. The van der Waals surface area contributed by atoms with E-state index in [0.717, 1.165) is 24.9 Å². The zero-order valence-corrected chi connectivity index (χ0v) is 18.0. The summed E-state index contributed by atoms with van der Waals surface area (Å²) in [7, 11) is 0. The Morgan fingerprint density at radius 2 is 1.39 bits per heavy atom. The number of ketones is 1. The number of aliphatic imine (C=N–C) groups is 1. The molecule has 28 heavy (non-hydrogen) atoms. The predicted octanol–water partition coefficient (Wildman–Crippen LogP) is 7.75. The second-order valence-electron chi connectivity index (χ2n) is 5.56. The Hall–Kier alpha value is -1.48. The van der Waals surface area contributed by atoms with Crippen molar-refractivity contribution in [2.24, 2.45) is 4.99 Å². The van der Waals surface area contributed by atoms with Crippen LogP contribution in [0.1, 0.15) is 117 Å². The number of nitrogens with zero attached hydrogens (tertiary/aromatic N) is 1. The maximum atomic E-state index is 12.0. The van der Waals surface area contributed by atoms with Gasteiger partial charge in [0.15, 0.2) is 5.78 Å². The van der Waals surface area contributed by atoms with Gasteiger partial charge in [0.1, 0.15) is 0 Å². The minimum absolute atomic E-state index is 0. The van der Waals surface area contributed by atoms with Gasteiger partial charge in [0.25, 0.3) is 0 Å². The number of benzene rings is 1. The summed E-state index contributed by atoms with van der Waals surface area (Å²) in [5.74, 6) is 0.276. The summed E-state index contributed by atoms with van der Waals surface area (Å²) in [5.41, 5.74) is 3.20. The number of aliphatic hydroxyl groups excluding tert-OH is 1. The van der Waals surface area contributed by atoms with Gasteiger partial charge in [-0.15, -0.1) is 0 Å². The number of rotatable bonds is 8. The lowest BCUT2D eigenvalue weighted by Gasteiger charge is -2.13. The molecule has 2 rings (SSSR count). The smallest absolute Gasteiger partial charge is 0.162 e. The molecule has 0 bridgehead atoms. The van der Waals surface area contributed by atoms with E-state index in [2.05, 4.69) is 11.9 Å². The van der Waals surface area contributed by atoms with Crippen molar-refractivity contribution >= 4 is 11.5 Å². The Labute approximate surface area is 176 Å². The fourth-order valence-corrected chi connectivity index (χ4v) is 2.34. The van der Waals surface area contributed by atoms with Crippen LogP contribution >= 0.6 is 0 Å². The van der Waals surface area contributed by atoms with E-state index < -0.39 is 0 Å². The van der Waals surface area contributed by atoms with E-state index in [1.807, 2.05) is 52.0 Å². The molecule has 0 aliphatic carbocycles. The number of unbranched alkanes of at least 4 members (excludes halogenated alkanes) is 4. The van der Waals surface area contributed by atoms with Crippen LogP contribution in [-0.4, -0.2) is 29.8 Å². The van der Waals surface area contributed by atoms with Crippen LogP contribution in [0.5, 0.6) is 0 Å². The molecule has 3 nitrogen and oxygen atoms in total. The highest BCUT2D eigenvalue weighted by Crippen LogP contribution is 2.15. The monoisotopic (exact) mass is 395 g/mol. The minimum atomic E-state index is 0. The molecule has 3 heteroatoms. The maximum absolute atomic E-state index is 12.0. The van der Waals surface area contributed by atoms with Gasteiger partial charge in [-0.1, -0.05) is 99.4 Å². The summed E-state index contributed by atoms with van der Waals surface area (Å²) < 4.78 is 0. The van der Waals surface area contributed by atoms with Crippen molar-refractivity contribution in [3.05, 3.63) is 35.4 Å². The first kappa shape index (κ1) is 34.1. The van der Waals surface area contributed by atoms with Crippen molar-refractivity contribution in [1.82, 2.24) is 0 Å². The Kier molecular flexibility index (Phi) is 31.0. The first-order valence-corrected chi connectivity index (χ1v) is 10.5. The van der Waals surface area contributed by atoms with Crippen LogP contribution in [-0.2, 0) is 0 Å². The van der Waals surface area contributed by atoms with Gasteiger partial charge in [-0.2, -0.15) is 0 Å². The van der Waals surface area contributed by atoms with Gasteiger partial charge in [-0.3, -0.25) is 9.79 Å². The van der Waals surface area contributed by atoms with Gasteiger partial charge < -0.3 is 5.11 Å².